The molecule has 0 saturated carbocycles. The van der Waals surface area contributed by atoms with Gasteiger partial charge in [-0.1, -0.05) is 0 Å². The first-order valence-corrected chi connectivity index (χ1v) is 6.14. The van der Waals surface area contributed by atoms with E-state index in [9.17, 15) is 9.90 Å². The Labute approximate surface area is 97.6 Å². The number of piperidine rings is 1. The fourth-order valence-electron chi connectivity index (χ4n) is 2.18. The van der Waals surface area contributed by atoms with E-state index in [-0.39, 0.29) is 24.0 Å². The van der Waals surface area contributed by atoms with E-state index in [4.69, 9.17) is 4.74 Å². The SMILES string of the molecule is CCOC(C)C(=O)N1CCCC(C(C)O)C1. The van der Waals surface area contributed by atoms with Crippen LogP contribution in [0.3, 0.4) is 0 Å². The molecule has 1 saturated heterocycles. The van der Waals surface area contributed by atoms with E-state index in [0.29, 0.717) is 13.2 Å². The Morgan fingerprint density at radius 2 is 2.25 bits per heavy atom. The van der Waals surface area contributed by atoms with E-state index >= 15 is 0 Å². The number of aliphatic hydroxyl groups is 1. The molecular formula is C12H23NO3. The molecule has 1 aliphatic heterocycles. The summed E-state index contributed by atoms with van der Waals surface area (Å²) >= 11 is 0. The lowest BCUT2D eigenvalue weighted by atomic mass is 9.93. The molecule has 4 heteroatoms. The fraction of sp³-hybridized carbons (Fsp3) is 0.917. The van der Waals surface area contributed by atoms with Crippen LogP contribution in [0, 0.1) is 5.92 Å². The predicted octanol–water partition coefficient (Wildman–Crippen LogP) is 1.03. The Balaban J connectivity index is 2.49. The zero-order valence-electron chi connectivity index (χ0n) is 10.5. The molecule has 1 N–H and O–H groups in total. The van der Waals surface area contributed by atoms with Gasteiger partial charge in [-0.3, -0.25) is 4.79 Å². The average Bonchev–Trinajstić information content (AvgIpc) is 2.28. The maximum absolute atomic E-state index is 12.0. The van der Waals surface area contributed by atoms with Crippen molar-refractivity contribution in [2.45, 2.75) is 45.8 Å². The second-order valence-electron chi connectivity index (χ2n) is 4.52. The summed E-state index contributed by atoms with van der Waals surface area (Å²) in [4.78, 5) is 13.8. The maximum Gasteiger partial charge on any atom is 0.251 e. The van der Waals surface area contributed by atoms with Gasteiger partial charge in [0.2, 0.25) is 0 Å². The predicted molar refractivity (Wildman–Crippen MR) is 62.1 cm³/mol. The highest BCUT2D eigenvalue weighted by Gasteiger charge is 2.28. The van der Waals surface area contributed by atoms with E-state index in [0.717, 1.165) is 19.4 Å². The standard InChI is InChI=1S/C12H23NO3/c1-4-16-10(3)12(15)13-7-5-6-11(8-13)9(2)14/h9-11,14H,4-8H2,1-3H3. The van der Waals surface area contributed by atoms with Crippen molar-refractivity contribution in [3.8, 4) is 0 Å². The monoisotopic (exact) mass is 229 g/mol. The molecule has 0 aromatic heterocycles. The minimum Gasteiger partial charge on any atom is -0.393 e. The Morgan fingerprint density at radius 1 is 1.56 bits per heavy atom. The van der Waals surface area contributed by atoms with Crippen molar-refractivity contribution in [2.24, 2.45) is 5.92 Å². The second kappa shape index (κ2) is 6.21. The van der Waals surface area contributed by atoms with Gasteiger partial charge in [-0.25, -0.2) is 0 Å². The first-order chi connectivity index (χ1) is 7.56. The molecule has 1 amide bonds. The summed E-state index contributed by atoms with van der Waals surface area (Å²) in [7, 11) is 0. The zero-order chi connectivity index (χ0) is 12.1. The quantitative estimate of drug-likeness (QED) is 0.783. The molecule has 16 heavy (non-hydrogen) atoms. The smallest absolute Gasteiger partial charge is 0.251 e. The third-order valence-electron chi connectivity index (χ3n) is 3.22. The summed E-state index contributed by atoms with van der Waals surface area (Å²) in [5.41, 5.74) is 0. The fourth-order valence-corrected chi connectivity index (χ4v) is 2.18. The highest BCUT2D eigenvalue weighted by Crippen LogP contribution is 2.20. The molecule has 0 aliphatic carbocycles. The molecular weight excluding hydrogens is 206 g/mol. The van der Waals surface area contributed by atoms with Crippen LogP contribution in [0.5, 0.6) is 0 Å². The van der Waals surface area contributed by atoms with Crippen molar-refractivity contribution >= 4 is 5.91 Å². The lowest BCUT2D eigenvalue weighted by Gasteiger charge is -2.35. The number of carbonyl (C=O) groups excluding carboxylic acids is 1. The van der Waals surface area contributed by atoms with Crippen molar-refractivity contribution in [2.75, 3.05) is 19.7 Å². The highest BCUT2D eigenvalue weighted by molar-refractivity contribution is 5.80. The maximum atomic E-state index is 12.0. The summed E-state index contributed by atoms with van der Waals surface area (Å²) in [6.45, 7) is 7.48. The Kier molecular flexibility index (Phi) is 5.22. The third kappa shape index (κ3) is 3.46. The highest BCUT2D eigenvalue weighted by atomic mass is 16.5. The molecule has 1 rings (SSSR count). The molecule has 4 nitrogen and oxygen atoms in total. The molecule has 1 aliphatic rings. The van der Waals surface area contributed by atoms with Crippen LogP contribution in [-0.4, -0.2) is 47.8 Å². The van der Waals surface area contributed by atoms with Crippen LogP contribution in [0.4, 0.5) is 0 Å². The van der Waals surface area contributed by atoms with Crippen molar-refractivity contribution in [1.82, 2.24) is 4.90 Å². The van der Waals surface area contributed by atoms with Crippen molar-refractivity contribution in [3.05, 3.63) is 0 Å². The van der Waals surface area contributed by atoms with Crippen molar-refractivity contribution in [1.29, 1.82) is 0 Å². The number of carbonyl (C=O) groups is 1. The number of nitrogens with zero attached hydrogens (tertiary/aromatic N) is 1. The molecule has 1 heterocycles. The first-order valence-electron chi connectivity index (χ1n) is 6.14. The van der Waals surface area contributed by atoms with E-state index in [1.165, 1.54) is 0 Å². The summed E-state index contributed by atoms with van der Waals surface area (Å²) in [5.74, 6) is 0.263. The van der Waals surface area contributed by atoms with Gasteiger partial charge in [-0.15, -0.1) is 0 Å². The Morgan fingerprint density at radius 3 is 2.81 bits per heavy atom. The van der Waals surface area contributed by atoms with Crippen LogP contribution in [-0.2, 0) is 9.53 Å². The number of hydrogen-bond acceptors (Lipinski definition) is 3. The summed E-state index contributed by atoms with van der Waals surface area (Å²) in [5, 5.41) is 9.55. The van der Waals surface area contributed by atoms with E-state index in [1.807, 2.05) is 11.8 Å². The number of hydrogen-bond donors (Lipinski definition) is 1. The molecule has 3 atom stereocenters. The lowest BCUT2D eigenvalue weighted by molar-refractivity contribution is -0.145. The Bertz CT molecular complexity index is 230. The van der Waals surface area contributed by atoms with Gasteiger partial charge < -0.3 is 14.7 Å². The number of aliphatic hydroxyl groups excluding tert-OH is 1. The van der Waals surface area contributed by atoms with E-state index in [1.54, 1.807) is 13.8 Å². The first kappa shape index (κ1) is 13.5. The molecule has 0 spiro atoms. The van der Waals surface area contributed by atoms with Gasteiger partial charge in [0.1, 0.15) is 6.10 Å². The normalized spacial score (nSPS) is 25.2. The molecule has 0 aromatic rings. The molecule has 0 radical (unpaired) electrons. The number of likely N-dealkylation sites (tertiary alicyclic amines) is 1. The van der Waals surface area contributed by atoms with Crippen molar-refractivity contribution < 1.29 is 14.6 Å². The zero-order valence-corrected chi connectivity index (χ0v) is 10.5. The number of rotatable bonds is 4. The van der Waals surface area contributed by atoms with Gasteiger partial charge in [-0.2, -0.15) is 0 Å². The summed E-state index contributed by atoms with van der Waals surface area (Å²) in [6.07, 6.45) is 1.28. The topological polar surface area (TPSA) is 49.8 Å². The van der Waals surface area contributed by atoms with Gasteiger partial charge in [0, 0.05) is 25.6 Å². The van der Waals surface area contributed by atoms with Gasteiger partial charge in [-0.05, 0) is 33.6 Å². The average molecular weight is 229 g/mol. The number of ether oxygens (including phenoxy) is 1. The van der Waals surface area contributed by atoms with Gasteiger partial charge in [0.25, 0.3) is 5.91 Å². The van der Waals surface area contributed by atoms with Crippen molar-refractivity contribution in [3.63, 3.8) is 0 Å². The van der Waals surface area contributed by atoms with Crippen LogP contribution >= 0.6 is 0 Å². The molecule has 94 valence electrons. The molecule has 1 fully saturated rings. The molecule has 0 bridgehead atoms. The van der Waals surface area contributed by atoms with Crippen LogP contribution in [0.25, 0.3) is 0 Å². The van der Waals surface area contributed by atoms with Gasteiger partial charge >= 0.3 is 0 Å². The van der Waals surface area contributed by atoms with Gasteiger partial charge in [0.15, 0.2) is 0 Å². The summed E-state index contributed by atoms with van der Waals surface area (Å²) in [6, 6.07) is 0. The van der Waals surface area contributed by atoms with E-state index in [2.05, 4.69) is 0 Å². The number of amides is 1. The minimum atomic E-state index is -0.363. The van der Waals surface area contributed by atoms with Crippen LogP contribution in [0.15, 0.2) is 0 Å². The van der Waals surface area contributed by atoms with Crippen LogP contribution in [0.2, 0.25) is 0 Å². The largest absolute Gasteiger partial charge is 0.393 e. The molecule has 3 unspecified atom stereocenters. The Hall–Kier alpha value is -0.610. The lowest BCUT2D eigenvalue weighted by Crippen LogP contribution is -2.46. The second-order valence-corrected chi connectivity index (χ2v) is 4.52. The van der Waals surface area contributed by atoms with Crippen LogP contribution < -0.4 is 0 Å². The van der Waals surface area contributed by atoms with Gasteiger partial charge in [0.05, 0.1) is 6.10 Å². The van der Waals surface area contributed by atoms with Crippen LogP contribution in [0.1, 0.15) is 33.6 Å². The van der Waals surface area contributed by atoms with E-state index < -0.39 is 0 Å². The molecule has 0 aromatic carbocycles. The third-order valence-corrected chi connectivity index (χ3v) is 3.22. The summed E-state index contributed by atoms with van der Waals surface area (Å²) < 4.78 is 5.30. The minimum absolute atomic E-state index is 0.0483.